The largest absolute Gasteiger partial charge is 0.480 e. The van der Waals surface area contributed by atoms with Crippen molar-refractivity contribution in [3.8, 4) is 0 Å². The maximum Gasteiger partial charge on any atom is 0.322 e. The third kappa shape index (κ3) is 5.62. The zero-order chi connectivity index (χ0) is 19.1. The highest BCUT2D eigenvalue weighted by molar-refractivity contribution is 7.99. The molecule has 0 aliphatic rings. The van der Waals surface area contributed by atoms with Gasteiger partial charge < -0.3 is 20.3 Å². The van der Waals surface area contributed by atoms with E-state index in [1.165, 1.54) is 23.9 Å². The molecule has 0 bridgehead atoms. The summed E-state index contributed by atoms with van der Waals surface area (Å²) in [5, 5.41) is 17.4. The fraction of sp³-hybridized carbons (Fsp3) is 0.294. The van der Waals surface area contributed by atoms with Crippen LogP contribution in [0.5, 0.6) is 0 Å². The second-order valence-corrected chi connectivity index (χ2v) is 6.48. The number of rotatable bonds is 8. The number of carbonyl (C=O) groups is 3. The Morgan fingerprint density at radius 1 is 1.19 bits per heavy atom. The SMILES string of the molecule is Cc1noc(C)c1CSCC(=O)Nc1ccc(C(=O)NCC(=O)O)cc1. The molecule has 8 nitrogen and oxygen atoms in total. The number of aryl methyl sites for hydroxylation is 2. The van der Waals surface area contributed by atoms with Crippen molar-refractivity contribution in [2.45, 2.75) is 19.6 Å². The first kappa shape index (κ1) is 19.5. The minimum atomic E-state index is -1.11. The molecule has 0 saturated heterocycles. The van der Waals surface area contributed by atoms with Gasteiger partial charge in [0.1, 0.15) is 12.3 Å². The topological polar surface area (TPSA) is 122 Å². The Hall–Kier alpha value is -2.81. The Balaban J connectivity index is 1.80. The first-order valence-corrected chi connectivity index (χ1v) is 8.91. The quantitative estimate of drug-likeness (QED) is 0.643. The second kappa shape index (κ2) is 9.04. The maximum absolute atomic E-state index is 12.0. The average Bonchev–Trinajstić information content (AvgIpc) is 2.92. The van der Waals surface area contributed by atoms with Gasteiger partial charge in [0, 0.05) is 22.6 Å². The molecular formula is C17H19N3O5S. The number of aliphatic carboxylic acids is 1. The highest BCUT2D eigenvalue weighted by atomic mass is 32.2. The zero-order valence-corrected chi connectivity index (χ0v) is 15.2. The molecule has 0 radical (unpaired) electrons. The number of carbonyl (C=O) groups excluding carboxylic acids is 2. The molecule has 138 valence electrons. The predicted octanol–water partition coefficient (Wildman–Crippen LogP) is 1.98. The second-order valence-electron chi connectivity index (χ2n) is 5.50. The summed E-state index contributed by atoms with van der Waals surface area (Å²) >= 11 is 1.45. The van der Waals surface area contributed by atoms with Gasteiger partial charge in [-0.25, -0.2) is 0 Å². The Morgan fingerprint density at radius 3 is 2.46 bits per heavy atom. The van der Waals surface area contributed by atoms with Crippen LogP contribution in [0.4, 0.5) is 5.69 Å². The maximum atomic E-state index is 12.0. The first-order valence-electron chi connectivity index (χ1n) is 7.76. The molecule has 0 saturated carbocycles. The van der Waals surface area contributed by atoms with Gasteiger partial charge in [-0.1, -0.05) is 5.16 Å². The van der Waals surface area contributed by atoms with Crippen LogP contribution in [0, 0.1) is 13.8 Å². The average molecular weight is 377 g/mol. The number of benzene rings is 1. The third-order valence-electron chi connectivity index (χ3n) is 3.49. The molecule has 0 atom stereocenters. The number of carboxylic acids is 1. The van der Waals surface area contributed by atoms with Crippen LogP contribution in [-0.2, 0) is 15.3 Å². The number of thioether (sulfide) groups is 1. The van der Waals surface area contributed by atoms with Gasteiger partial charge in [-0.05, 0) is 38.1 Å². The van der Waals surface area contributed by atoms with Crippen LogP contribution in [0.1, 0.15) is 27.4 Å². The fourth-order valence-electron chi connectivity index (χ4n) is 2.11. The van der Waals surface area contributed by atoms with E-state index in [4.69, 9.17) is 9.63 Å². The summed E-state index contributed by atoms with van der Waals surface area (Å²) in [5.41, 5.74) is 2.70. The van der Waals surface area contributed by atoms with Gasteiger partial charge in [0.05, 0.1) is 11.4 Å². The number of hydrogen-bond acceptors (Lipinski definition) is 6. The number of aromatic nitrogens is 1. The molecule has 26 heavy (non-hydrogen) atoms. The number of carboxylic acid groups (broad SMARTS) is 1. The molecular weight excluding hydrogens is 358 g/mol. The summed E-state index contributed by atoms with van der Waals surface area (Å²) in [5.74, 6) is -0.101. The molecule has 1 aromatic heterocycles. The molecule has 2 aromatic rings. The standard InChI is InChI=1S/C17H19N3O5S/c1-10-14(11(2)25-20-10)8-26-9-15(21)19-13-5-3-12(4-6-13)17(24)18-7-16(22)23/h3-6H,7-9H2,1-2H3,(H,18,24)(H,19,21)(H,22,23). The molecule has 9 heteroatoms. The summed E-state index contributed by atoms with van der Waals surface area (Å²) in [6.45, 7) is 3.25. The Bertz CT molecular complexity index is 782. The lowest BCUT2D eigenvalue weighted by molar-refractivity contribution is -0.135. The van der Waals surface area contributed by atoms with Crippen molar-refractivity contribution < 1.29 is 24.0 Å². The van der Waals surface area contributed by atoms with Gasteiger partial charge in [-0.15, -0.1) is 11.8 Å². The third-order valence-corrected chi connectivity index (χ3v) is 4.45. The lowest BCUT2D eigenvalue weighted by atomic mass is 10.2. The number of amides is 2. The van der Waals surface area contributed by atoms with Crippen LogP contribution in [0.25, 0.3) is 0 Å². The predicted molar refractivity (Wildman–Crippen MR) is 97.2 cm³/mol. The van der Waals surface area contributed by atoms with Gasteiger partial charge in [-0.3, -0.25) is 14.4 Å². The van der Waals surface area contributed by atoms with Gasteiger partial charge >= 0.3 is 5.97 Å². The van der Waals surface area contributed by atoms with Crippen molar-refractivity contribution >= 4 is 35.2 Å². The van der Waals surface area contributed by atoms with E-state index in [0.717, 1.165) is 17.0 Å². The van der Waals surface area contributed by atoms with Crippen LogP contribution >= 0.6 is 11.8 Å². The van der Waals surface area contributed by atoms with E-state index < -0.39 is 18.4 Å². The lowest BCUT2D eigenvalue weighted by Crippen LogP contribution is -2.29. The summed E-state index contributed by atoms with van der Waals surface area (Å²) in [6.07, 6.45) is 0. The fourth-order valence-corrected chi connectivity index (χ4v) is 3.09. The van der Waals surface area contributed by atoms with Gasteiger partial charge in [0.15, 0.2) is 0 Å². The van der Waals surface area contributed by atoms with Crippen molar-refractivity contribution in [3.05, 3.63) is 46.8 Å². The van der Waals surface area contributed by atoms with Crippen LogP contribution in [-0.4, -0.2) is 40.3 Å². The summed E-state index contributed by atoms with van der Waals surface area (Å²) < 4.78 is 5.08. The number of anilines is 1. The molecule has 0 aliphatic heterocycles. The minimum absolute atomic E-state index is 0.162. The van der Waals surface area contributed by atoms with Crippen LogP contribution in [0.2, 0.25) is 0 Å². The van der Waals surface area contributed by atoms with Gasteiger partial charge in [0.2, 0.25) is 5.91 Å². The Labute approximate surface area is 154 Å². The van der Waals surface area contributed by atoms with E-state index in [-0.39, 0.29) is 11.7 Å². The molecule has 0 fully saturated rings. The molecule has 0 spiro atoms. The highest BCUT2D eigenvalue weighted by Crippen LogP contribution is 2.19. The number of nitrogens with zero attached hydrogens (tertiary/aromatic N) is 1. The Morgan fingerprint density at radius 2 is 1.88 bits per heavy atom. The van der Waals surface area contributed by atoms with Crippen LogP contribution < -0.4 is 10.6 Å². The summed E-state index contributed by atoms with van der Waals surface area (Å²) in [4.78, 5) is 34.1. The zero-order valence-electron chi connectivity index (χ0n) is 14.4. The molecule has 2 rings (SSSR count). The van der Waals surface area contributed by atoms with E-state index in [1.807, 2.05) is 13.8 Å². The lowest BCUT2D eigenvalue weighted by Gasteiger charge is -2.07. The van der Waals surface area contributed by atoms with Crippen molar-refractivity contribution in [3.63, 3.8) is 0 Å². The van der Waals surface area contributed by atoms with Crippen LogP contribution in [0.3, 0.4) is 0 Å². The van der Waals surface area contributed by atoms with Crippen molar-refractivity contribution in [2.75, 3.05) is 17.6 Å². The number of nitrogens with one attached hydrogen (secondary N) is 2. The van der Waals surface area contributed by atoms with E-state index in [1.54, 1.807) is 12.1 Å². The van der Waals surface area contributed by atoms with Crippen molar-refractivity contribution in [1.29, 1.82) is 0 Å². The summed E-state index contributed by atoms with van der Waals surface area (Å²) in [7, 11) is 0. The van der Waals surface area contributed by atoms with E-state index in [2.05, 4.69) is 15.8 Å². The normalized spacial score (nSPS) is 10.4. The van der Waals surface area contributed by atoms with Gasteiger partial charge in [0.25, 0.3) is 5.91 Å². The van der Waals surface area contributed by atoms with E-state index in [0.29, 0.717) is 17.0 Å². The smallest absolute Gasteiger partial charge is 0.322 e. The van der Waals surface area contributed by atoms with E-state index >= 15 is 0 Å². The Kier molecular flexibility index (Phi) is 6.79. The first-order chi connectivity index (χ1) is 12.4. The van der Waals surface area contributed by atoms with Crippen molar-refractivity contribution in [1.82, 2.24) is 10.5 Å². The van der Waals surface area contributed by atoms with Crippen LogP contribution in [0.15, 0.2) is 28.8 Å². The van der Waals surface area contributed by atoms with Crippen molar-refractivity contribution in [2.24, 2.45) is 0 Å². The summed E-state index contributed by atoms with van der Waals surface area (Å²) in [6, 6.07) is 6.21. The van der Waals surface area contributed by atoms with Gasteiger partial charge in [-0.2, -0.15) is 0 Å². The molecule has 2 amide bonds. The molecule has 0 unspecified atom stereocenters. The molecule has 1 heterocycles. The van der Waals surface area contributed by atoms with E-state index in [9.17, 15) is 14.4 Å². The number of hydrogen-bond donors (Lipinski definition) is 3. The highest BCUT2D eigenvalue weighted by Gasteiger charge is 2.11. The monoisotopic (exact) mass is 377 g/mol. The molecule has 1 aromatic carbocycles. The minimum Gasteiger partial charge on any atom is -0.480 e. The molecule has 3 N–H and O–H groups in total. The molecule has 0 aliphatic carbocycles.